The normalized spacial score (nSPS) is 40.1. The van der Waals surface area contributed by atoms with Gasteiger partial charge in [0.05, 0.1) is 11.9 Å². The number of carbonyl (C=O) groups excluding carboxylic acids is 2. The Bertz CT molecular complexity index is 1400. The minimum absolute atomic E-state index is 0.00164. The molecule has 4 aliphatic rings. The second-order valence-electron chi connectivity index (χ2n) is 12.8. The third-order valence-corrected chi connectivity index (χ3v) is 12.0. The summed E-state index contributed by atoms with van der Waals surface area (Å²) >= 11 is 1.40. The van der Waals surface area contributed by atoms with Gasteiger partial charge in [-0.2, -0.15) is 0 Å². The number of benzene rings is 2. The predicted molar refractivity (Wildman–Crippen MR) is 155 cm³/mol. The number of ketones is 2. The maximum atomic E-state index is 17.3. The molecule has 2 aromatic carbocycles. The van der Waals surface area contributed by atoms with Crippen molar-refractivity contribution in [3.63, 3.8) is 0 Å². The van der Waals surface area contributed by atoms with E-state index in [1.54, 1.807) is 13.0 Å². The number of alkyl halides is 1. The maximum Gasteiger partial charge on any atom is 0.178 e. The molecule has 0 bridgehead atoms. The van der Waals surface area contributed by atoms with E-state index in [2.05, 4.69) is 12.1 Å². The lowest BCUT2D eigenvalue weighted by atomic mass is 9.44. The van der Waals surface area contributed by atoms with Crippen molar-refractivity contribution < 1.29 is 24.2 Å². The molecule has 4 nitrogen and oxygen atoms in total. The highest BCUT2D eigenvalue weighted by molar-refractivity contribution is 8.00. The van der Waals surface area contributed by atoms with E-state index in [4.69, 9.17) is 0 Å². The first-order valence-corrected chi connectivity index (χ1v) is 15.3. The summed E-state index contributed by atoms with van der Waals surface area (Å²) in [7, 11) is 0. The molecule has 3 fully saturated rings. The number of halogens is 1. The Labute approximate surface area is 239 Å². The van der Waals surface area contributed by atoms with Crippen LogP contribution < -0.4 is 0 Å². The predicted octanol–water partition coefficient (Wildman–Crippen LogP) is 6.36. The number of aliphatic hydroxyl groups excluding tert-OH is 1. The van der Waals surface area contributed by atoms with Crippen molar-refractivity contribution in [3.05, 3.63) is 78.4 Å². The number of thioether (sulfide) groups is 1. The molecule has 0 spiro atoms. The van der Waals surface area contributed by atoms with Crippen LogP contribution in [-0.4, -0.2) is 44.9 Å². The summed E-state index contributed by atoms with van der Waals surface area (Å²) in [5, 5.41) is 23.7. The van der Waals surface area contributed by atoms with E-state index in [1.807, 2.05) is 56.3 Å². The molecule has 0 aromatic heterocycles. The van der Waals surface area contributed by atoms with Crippen molar-refractivity contribution in [2.75, 3.05) is 5.75 Å². The summed E-state index contributed by atoms with van der Waals surface area (Å²) in [4.78, 5) is 26.9. The van der Waals surface area contributed by atoms with E-state index in [-0.39, 0.29) is 35.6 Å². The average Bonchev–Trinajstić information content (AvgIpc) is 3.15. The largest absolute Gasteiger partial charge is 0.390 e. The Morgan fingerprint density at radius 1 is 1.05 bits per heavy atom. The fraction of sp³-hybridized carbons (Fsp3) is 0.471. The summed E-state index contributed by atoms with van der Waals surface area (Å²) < 4.78 is 17.3. The minimum atomic E-state index is -1.97. The van der Waals surface area contributed by atoms with Gasteiger partial charge in [0, 0.05) is 21.6 Å². The molecule has 6 heteroatoms. The monoisotopic (exact) mass is 560 g/mol. The highest BCUT2D eigenvalue weighted by atomic mass is 32.2. The van der Waals surface area contributed by atoms with Gasteiger partial charge in [-0.15, -0.1) is 11.8 Å². The Balaban J connectivity index is 1.24. The smallest absolute Gasteiger partial charge is 0.178 e. The van der Waals surface area contributed by atoms with Gasteiger partial charge < -0.3 is 10.2 Å². The van der Waals surface area contributed by atoms with Gasteiger partial charge in [-0.1, -0.05) is 68.0 Å². The molecule has 0 aliphatic heterocycles. The third-order valence-electron chi connectivity index (χ3n) is 11.0. The number of rotatable bonds is 5. The Hall–Kier alpha value is -2.54. The van der Waals surface area contributed by atoms with Gasteiger partial charge in [-0.05, 0) is 79.9 Å². The fourth-order valence-electron chi connectivity index (χ4n) is 8.77. The second kappa shape index (κ2) is 9.50. The summed E-state index contributed by atoms with van der Waals surface area (Å²) in [6, 6.07) is 18.1. The van der Waals surface area contributed by atoms with E-state index in [9.17, 15) is 19.8 Å². The highest BCUT2D eigenvalue weighted by Crippen LogP contribution is 2.70. The third kappa shape index (κ3) is 3.72. The van der Waals surface area contributed by atoms with Crippen molar-refractivity contribution >= 4 is 23.3 Å². The molecule has 0 radical (unpaired) electrons. The highest BCUT2D eigenvalue weighted by Gasteiger charge is 2.75. The van der Waals surface area contributed by atoms with E-state index >= 15 is 4.39 Å². The van der Waals surface area contributed by atoms with Crippen molar-refractivity contribution in [1.82, 2.24) is 0 Å². The zero-order chi connectivity index (χ0) is 28.5. The van der Waals surface area contributed by atoms with Crippen LogP contribution in [0.2, 0.25) is 0 Å². The number of aliphatic hydroxyl groups is 2. The van der Waals surface area contributed by atoms with Gasteiger partial charge in [0.2, 0.25) is 0 Å². The van der Waals surface area contributed by atoms with Crippen molar-refractivity contribution in [2.24, 2.45) is 28.6 Å². The van der Waals surface area contributed by atoms with Gasteiger partial charge in [0.15, 0.2) is 17.2 Å². The van der Waals surface area contributed by atoms with Crippen LogP contribution in [0, 0.1) is 28.6 Å². The molecule has 2 aromatic rings. The molecule has 8 atom stereocenters. The van der Waals surface area contributed by atoms with E-state index in [0.717, 1.165) is 21.6 Å². The van der Waals surface area contributed by atoms with E-state index < -0.39 is 34.1 Å². The number of fused-ring (bicyclic) bond motifs is 5. The van der Waals surface area contributed by atoms with Gasteiger partial charge in [-0.25, -0.2) is 4.39 Å². The number of hydrogen-bond donors (Lipinski definition) is 2. The minimum Gasteiger partial charge on any atom is -0.390 e. The van der Waals surface area contributed by atoms with Crippen molar-refractivity contribution in [2.45, 2.75) is 68.7 Å². The molecule has 2 N–H and O–H groups in total. The van der Waals surface area contributed by atoms with Crippen molar-refractivity contribution in [1.29, 1.82) is 0 Å². The first-order valence-electron chi connectivity index (χ1n) is 14.3. The molecule has 40 heavy (non-hydrogen) atoms. The van der Waals surface area contributed by atoms with Gasteiger partial charge in [0.1, 0.15) is 5.60 Å². The molecular weight excluding hydrogens is 523 g/mol. The molecule has 4 aliphatic carbocycles. The van der Waals surface area contributed by atoms with Crippen LogP contribution in [0.25, 0.3) is 11.1 Å². The first kappa shape index (κ1) is 27.6. The lowest BCUT2D eigenvalue weighted by Gasteiger charge is -2.62. The molecule has 3 saturated carbocycles. The standard InChI is InChI=1S/C34H37FO4S/c1-21-17-28-27-14-11-24-18-25(36)15-16-31(24,2)33(27,35)29(37)19-32(28,3)34(21,39)30(38)20-40-26-12-9-23(10-13-26)22-7-5-4-6-8-22/h4-10,12-13,15-16,18,21,27-29,37,39H,11,14,17,19-20H2,1-3H3/t21-,27?,28?,29+,31?,32?,33+,34+/m1/s1. The zero-order valence-corrected chi connectivity index (χ0v) is 24.1. The molecular formula is C34H37FO4S. The number of carbonyl (C=O) groups is 2. The molecule has 0 saturated heterocycles. The summed E-state index contributed by atoms with van der Waals surface area (Å²) in [5.41, 5.74) is -2.72. The quantitative estimate of drug-likeness (QED) is 0.416. The SMILES string of the molecule is C[C@@H]1CC2C3CCC4=CC(=O)C=CC4(C)[C@@]3(F)[C@@H](O)CC2(C)[C@@]1(O)C(=O)CSc1ccc(-c2ccccc2)cc1. The van der Waals surface area contributed by atoms with E-state index in [0.29, 0.717) is 19.3 Å². The summed E-state index contributed by atoms with van der Waals surface area (Å²) in [5.74, 6) is -1.45. The molecule has 0 amide bonds. The lowest BCUT2D eigenvalue weighted by Crippen LogP contribution is -2.69. The fourth-order valence-corrected chi connectivity index (χ4v) is 9.62. The zero-order valence-electron chi connectivity index (χ0n) is 23.3. The van der Waals surface area contributed by atoms with Crippen molar-refractivity contribution in [3.8, 4) is 11.1 Å². The van der Waals surface area contributed by atoms with Gasteiger partial charge >= 0.3 is 0 Å². The Kier molecular flexibility index (Phi) is 6.56. The maximum absolute atomic E-state index is 17.3. The Morgan fingerprint density at radius 3 is 2.42 bits per heavy atom. The van der Waals surface area contributed by atoms with Crippen LogP contribution in [0.1, 0.15) is 46.5 Å². The molecule has 0 heterocycles. The molecule has 6 rings (SSSR count). The van der Waals surface area contributed by atoms with Crippen LogP contribution in [-0.2, 0) is 9.59 Å². The second-order valence-corrected chi connectivity index (χ2v) is 13.8. The van der Waals surface area contributed by atoms with E-state index in [1.165, 1.54) is 23.9 Å². The van der Waals surface area contributed by atoms with Gasteiger partial charge in [-0.3, -0.25) is 9.59 Å². The number of Topliss-reactive ketones (excluding diaryl/α,β-unsaturated/α-hetero) is 1. The average molecular weight is 561 g/mol. The van der Waals surface area contributed by atoms with Crippen LogP contribution in [0.15, 0.2) is 83.3 Å². The Morgan fingerprint density at radius 2 is 1.73 bits per heavy atom. The summed E-state index contributed by atoms with van der Waals surface area (Å²) in [6.07, 6.45) is 4.78. The van der Waals surface area contributed by atoms with Crippen LogP contribution in [0.5, 0.6) is 0 Å². The number of hydrogen-bond acceptors (Lipinski definition) is 5. The molecule has 4 unspecified atom stereocenters. The lowest BCUT2D eigenvalue weighted by molar-refractivity contribution is -0.218. The van der Waals surface area contributed by atoms with Crippen LogP contribution >= 0.6 is 11.8 Å². The first-order chi connectivity index (χ1) is 18.9. The molecule has 210 valence electrons. The number of allylic oxidation sites excluding steroid dienone is 4. The van der Waals surface area contributed by atoms with Crippen LogP contribution in [0.3, 0.4) is 0 Å². The topological polar surface area (TPSA) is 74.6 Å². The van der Waals surface area contributed by atoms with Crippen LogP contribution in [0.4, 0.5) is 4.39 Å². The summed E-state index contributed by atoms with van der Waals surface area (Å²) in [6.45, 7) is 5.56. The van der Waals surface area contributed by atoms with Gasteiger partial charge in [0.25, 0.3) is 0 Å².